The Morgan fingerprint density at radius 1 is 0.941 bits per heavy atom. The fraction of sp³-hybridized carbons (Fsp3) is 0.571. The highest BCUT2D eigenvalue weighted by molar-refractivity contribution is 6.03. The Labute approximate surface area is 102 Å². The molecule has 0 saturated heterocycles. The zero-order valence-corrected chi connectivity index (χ0v) is 10.8. The van der Waals surface area contributed by atoms with Crippen molar-refractivity contribution >= 4 is 11.9 Å². The first-order valence-electron chi connectivity index (χ1n) is 6.07. The van der Waals surface area contributed by atoms with E-state index in [1.165, 1.54) is 0 Å². The number of hydrogen-bond acceptors (Lipinski definition) is 3. The van der Waals surface area contributed by atoms with Gasteiger partial charge in [0.15, 0.2) is 0 Å². The second kappa shape index (κ2) is 4.13. The van der Waals surface area contributed by atoms with E-state index in [1.807, 2.05) is 13.8 Å². The van der Waals surface area contributed by atoms with Crippen LogP contribution >= 0.6 is 0 Å². The second-order valence-corrected chi connectivity index (χ2v) is 5.21. The Kier molecular flexibility index (Phi) is 2.94. The average Bonchev–Trinajstić information content (AvgIpc) is 2.31. The minimum atomic E-state index is -0.453. The number of rotatable bonds is 2. The number of carbonyl (C=O) groups excluding carboxylic acids is 2. The standard InChI is InChI=1S/C14H18O3/c1-7-5-11(9(7)3)13(15)17-14(16)12-6-8(2)10(12)4/h7-8H,5-6H2,1-4H3. The highest BCUT2D eigenvalue weighted by Crippen LogP contribution is 2.37. The van der Waals surface area contributed by atoms with E-state index in [9.17, 15) is 9.59 Å². The van der Waals surface area contributed by atoms with E-state index in [4.69, 9.17) is 4.74 Å². The smallest absolute Gasteiger partial charge is 0.341 e. The van der Waals surface area contributed by atoms with E-state index in [0.29, 0.717) is 23.0 Å². The third-order valence-electron chi connectivity index (χ3n) is 4.13. The van der Waals surface area contributed by atoms with Crippen LogP contribution in [0.15, 0.2) is 22.3 Å². The molecule has 2 aliphatic carbocycles. The summed E-state index contributed by atoms with van der Waals surface area (Å²) in [5.74, 6) is -0.0226. The molecule has 0 spiro atoms. The second-order valence-electron chi connectivity index (χ2n) is 5.21. The summed E-state index contributed by atoms with van der Waals surface area (Å²) in [6.07, 6.45) is 1.46. The van der Waals surface area contributed by atoms with Gasteiger partial charge in [-0.05, 0) is 38.5 Å². The number of carbonyl (C=O) groups is 2. The molecular weight excluding hydrogens is 216 g/mol. The van der Waals surface area contributed by atoms with Crippen LogP contribution in [0.1, 0.15) is 40.5 Å². The van der Waals surface area contributed by atoms with Gasteiger partial charge in [0, 0.05) is 11.1 Å². The van der Waals surface area contributed by atoms with Crippen LogP contribution in [-0.2, 0) is 14.3 Å². The molecule has 0 radical (unpaired) electrons. The fourth-order valence-corrected chi connectivity index (χ4v) is 2.27. The Bertz CT molecular complexity index is 412. The van der Waals surface area contributed by atoms with Crippen molar-refractivity contribution in [1.29, 1.82) is 0 Å². The quantitative estimate of drug-likeness (QED) is 0.545. The van der Waals surface area contributed by atoms with Gasteiger partial charge in [-0.2, -0.15) is 0 Å². The number of ether oxygens (including phenoxy) is 1. The van der Waals surface area contributed by atoms with E-state index >= 15 is 0 Å². The lowest BCUT2D eigenvalue weighted by Crippen LogP contribution is -2.28. The zero-order valence-electron chi connectivity index (χ0n) is 10.8. The molecule has 3 heteroatoms. The summed E-state index contributed by atoms with van der Waals surface area (Å²) in [7, 11) is 0. The van der Waals surface area contributed by atoms with Gasteiger partial charge >= 0.3 is 11.9 Å². The van der Waals surface area contributed by atoms with Crippen molar-refractivity contribution in [3.63, 3.8) is 0 Å². The summed E-state index contributed by atoms with van der Waals surface area (Å²) in [5.41, 5.74) is 3.46. The topological polar surface area (TPSA) is 43.4 Å². The third-order valence-corrected chi connectivity index (χ3v) is 4.13. The molecule has 0 bridgehead atoms. The number of esters is 2. The first-order chi connectivity index (χ1) is 7.91. The summed E-state index contributed by atoms with van der Waals surface area (Å²) in [6.45, 7) is 7.97. The minimum Gasteiger partial charge on any atom is -0.386 e. The van der Waals surface area contributed by atoms with Crippen molar-refractivity contribution in [2.24, 2.45) is 11.8 Å². The molecule has 0 aromatic heterocycles. The molecule has 0 aromatic carbocycles. The van der Waals surface area contributed by atoms with Crippen LogP contribution in [0.3, 0.4) is 0 Å². The zero-order chi connectivity index (χ0) is 12.7. The highest BCUT2D eigenvalue weighted by atomic mass is 16.6. The molecule has 0 fully saturated rings. The first kappa shape index (κ1) is 12.1. The number of allylic oxidation sites excluding steroid dienone is 2. The Morgan fingerprint density at radius 3 is 1.53 bits per heavy atom. The van der Waals surface area contributed by atoms with Crippen molar-refractivity contribution in [2.45, 2.75) is 40.5 Å². The van der Waals surface area contributed by atoms with Crippen LogP contribution in [-0.4, -0.2) is 11.9 Å². The number of hydrogen-bond donors (Lipinski definition) is 0. The van der Waals surface area contributed by atoms with Crippen molar-refractivity contribution in [3.8, 4) is 0 Å². The van der Waals surface area contributed by atoms with Gasteiger partial charge in [0.2, 0.25) is 0 Å². The van der Waals surface area contributed by atoms with Gasteiger partial charge in [-0.25, -0.2) is 9.59 Å². The van der Waals surface area contributed by atoms with Crippen LogP contribution in [0.4, 0.5) is 0 Å². The lowest BCUT2D eigenvalue weighted by Gasteiger charge is -2.29. The molecule has 0 N–H and O–H groups in total. The summed E-state index contributed by atoms with van der Waals surface area (Å²) in [6, 6.07) is 0. The van der Waals surface area contributed by atoms with Crippen molar-refractivity contribution < 1.29 is 14.3 Å². The van der Waals surface area contributed by atoms with E-state index in [-0.39, 0.29) is 0 Å². The van der Waals surface area contributed by atoms with Crippen molar-refractivity contribution in [1.82, 2.24) is 0 Å². The molecule has 0 amide bonds. The van der Waals surface area contributed by atoms with Crippen LogP contribution in [0.25, 0.3) is 0 Å². The Morgan fingerprint density at radius 2 is 1.29 bits per heavy atom. The largest absolute Gasteiger partial charge is 0.386 e. The Balaban J connectivity index is 2.00. The molecule has 3 nitrogen and oxygen atoms in total. The maximum atomic E-state index is 11.7. The predicted octanol–water partition coefficient (Wildman–Crippen LogP) is 2.77. The molecule has 2 unspecified atom stereocenters. The Hall–Kier alpha value is -1.38. The van der Waals surface area contributed by atoms with Gasteiger partial charge in [-0.15, -0.1) is 0 Å². The van der Waals surface area contributed by atoms with Crippen LogP contribution < -0.4 is 0 Å². The van der Waals surface area contributed by atoms with Gasteiger partial charge in [0.1, 0.15) is 0 Å². The van der Waals surface area contributed by atoms with Crippen molar-refractivity contribution in [2.75, 3.05) is 0 Å². The SMILES string of the molecule is CC1=C(C(=O)OC(=O)C2=C(C)C(C)C2)CC1C. The van der Waals surface area contributed by atoms with Gasteiger partial charge in [0.25, 0.3) is 0 Å². The molecular formula is C14H18O3. The monoisotopic (exact) mass is 234 g/mol. The summed E-state index contributed by atoms with van der Waals surface area (Å²) >= 11 is 0. The van der Waals surface area contributed by atoms with E-state index in [0.717, 1.165) is 24.0 Å². The van der Waals surface area contributed by atoms with Crippen molar-refractivity contribution in [3.05, 3.63) is 22.3 Å². The molecule has 0 heterocycles. The van der Waals surface area contributed by atoms with Gasteiger partial charge < -0.3 is 4.74 Å². The molecule has 2 rings (SSSR count). The summed E-state index contributed by atoms with van der Waals surface area (Å²) in [4.78, 5) is 23.4. The average molecular weight is 234 g/mol. The third kappa shape index (κ3) is 1.94. The highest BCUT2D eigenvalue weighted by Gasteiger charge is 2.33. The van der Waals surface area contributed by atoms with E-state index in [1.54, 1.807) is 0 Å². The van der Waals surface area contributed by atoms with Gasteiger partial charge in [-0.1, -0.05) is 25.0 Å². The molecule has 0 saturated carbocycles. The molecule has 2 aliphatic rings. The lowest BCUT2D eigenvalue weighted by molar-refractivity contribution is -0.155. The summed E-state index contributed by atoms with van der Waals surface area (Å²) < 4.78 is 4.90. The summed E-state index contributed by atoms with van der Waals surface area (Å²) in [5, 5.41) is 0. The minimum absolute atomic E-state index is 0.442. The van der Waals surface area contributed by atoms with Crippen LogP contribution in [0.2, 0.25) is 0 Å². The van der Waals surface area contributed by atoms with Crippen LogP contribution in [0.5, 0.6) is 0 Å². The normalized spacial score (nSPS) is 27.5. The predicted molar refractivity (Wildman–Crippen MR) is 64.1 cm³/mol. The maximum absolute atomic E-state index is 11.7. The van der Waals surface area contributed by atoms with E-state index < -0.39 is 11.9 Å². The molecule has 92 valence electrons. The maximum Gasteiger partial charge on any atom is 0.341 e. The van der Waals surface area contributed by atoms with Gasteiger partial charge in [0.05, 0.1) is 0 Å². The molecule has 0 aromatic rings. The molecule has 0 aliphatic heterocycles. The van der Waals surface area contributed by atoms with Crippen LogP contribution in [0, 0.1) is 11.8 Å². The molecule has 17 heavy (non-hydrogen) atoms. The first-order valence-corrected chi connectivity index (χ1v) is 6.07. The van der Waals surface area contributed by atoms with E-state index in [2.05, 4.69) is 13.8 Å². The lowest BCUT2D eigenvalue weighted by atomic mass is 9.79. The fourth-order valence-electron chi connectivity index (χ4n) is 2.27. The molecule has 2 atom stereocenters. The van der Waals surface area contributed by atoms with Gasteiger partial charge in [-0.3, -0.25) is 0 Å².